The molecule has 0 fully saturated rings. The van der Waals surface area contributed by atoms with Crippen LogP contribution < -0.4 is 5.32 Å². The van der Waals surface area contributed by atoms with E-state index < -0.39 is 12.3 Å². The second-order valence-electron chi connectivity index (χ2n) is 7.03. The number of carbonyl (C=O) groups is 1. The monoisotopic (exact) mass is 406 g/mol. The number of rotatable bonds is 5. The van der Waals surface area contributed by atoms with Crippen LogP contribution in [0.2, 0.25) is 0 Å². The summed E-state index contributed by atoms with van der Waals surface area (Å²) in [5.41, 5.74) is 3.71. The maximum Gasteiger partial charge on any atom is 0.280 e. The van der Waals surface area contributed by atoms with Gasteiger partial charge in [0.2, 0.25) is 0 Å². The van der Waals surface area contributed by atoms with Gasteiger partial charge in [0.25, 0.3) is 12.3 Å². The molecule has 4 rings (SSSR count). The Labute approximate surface area is 172 Å². The largest absolute Gasteiger partial charge is 0.322 e. The third kappa shape index (κ3) is 3.78. The Kier molecular flexibility index (Phi) is 5.27. The summed E-state index contributed by atoms with van der Waals surface area (Å²) in [5, 5.41) is 6.81. The predicted octanol–water partition coefficient (Wildman–Crippen LogP) is 5.46. The predicted molar refractivity (Wildman–Crippen MR) is 112 cm³/mol. The number of anilines is 1. The van der Waals surface area contributed by atoms with Gasteiger partial charge in [-0.3, -0.25) is 4.79 Å². The van der Waals surface area contributed by atoms with Gasteiger partial charge in [0.15, 0.2) is 5.65 Å². The van der Waals surface area contributed by atoms with E-state index in [1.165, 1.54) is 12.3 Å². The number of nitrogens with one attached hydrogen (secondary N) is 1. The Morgan fingerprint density at radius 3 is 2.60 bits per heavy atom. The zero-order valence-corrected chi connectivity index (χ0v) is 16.6. The van der Waals surface area contributed by atoms with Gasteiger partial charge in [-0.05, 0) is 37.1 Å². The van der Waals surface area contributed by atoms with E-state index in [-0.39, 0.29) is 16.9 Å². The van der Waals surface area contributed by atoms with Gasteiger partial charge in [-0.1, -0.05) is 48.9 Å². The molecule has 0 aliphatic rings. The van der Waals surface area contributed by atoms with Crippen LogP contribution in [0.15, 0.2) is 60.8 Å². The van der Waals surface area contributed by atoms with Gasteiger partial charge < -0.3 is 5.32 Å². The maximum atomic E-state index is 13.7. The zero-order valence-electron chi connectivity index (χ0n) is 16.6. The standard InChI is InChI=1S/C23H20F2N4O/c1-3-15-5-4-6-17(11-15)27-23(30)18-13-26-29-20(21(24)25)12-19(28-22(18)29)16-9-7-14(2)8-10-16/h4-13,21H,3H2,1-2H3,(H,27,30). The fourth-order valence-corrected chi connectivity index (χ4v) is 3.24. The topological polar surface area (TPSA) is 59.3 Å². The summed E-state index contributed by atoms with van der Waals surface area (Å²) in [6, 6.07) is 16.2. The highest BCUT2D eigenvalue weighted by Crippen LogP contribution is 2.27. The molecule has 0 atom stereocenters. The number of alkyl halides is 2. The van der Waals surface area contributed by atoms with Gasteiger partial charge in [-0.15, -0.1) is 0 Å². The second-order valence-corrected chi connectivity index (χ2v) is 7.03. The Morgan fingerprint density at radius 1 is 1.13 bits per heavy atom. The number of carbonyl (C=O) groups excluding carboxylic acids is 1. The van der Waals surface area contributed by atoms with E-state index in [4.69, 9.17) is 0 Å². The number of aromatic nitrogens is 3. The molecule has 0 saturated carbocycles. The van der Waals surface area contributed by atoms with E-state index in [0.717, 1.165) is 22.1 Å². The van der Waals surface area contributed by atoms with Crippen molar-refractivity contribution >= 4 is 17.2 Å². The van der Waals surface area contributed by atoms with Gasteiger partial charge in [-0.25, -0.2) is 18.3 Å². The van der Waals surface area contributed by atoms with Gasteiger partial charge in [0.1, 0.15) is 11.3 Å². The number of halogens is 2. The molecule has 30 heavy (non-hydrogen) atoms. The number of amides is 1. The van der Waals surface area contributed by atoms with Crippen LogP contribution >= 0.6 is 0 Å². The average Bonchev–Trinajstić information content (AvgIpc) is 3.17. The van der Waals surface area contributed by atoms with Crippen LogP contribution in [0.1, 0.15) is 40.5 Å². The molecule has 2 heterocycles. The molecule has 1 N–H and O–H groups in total. The molecule has 2 aromatic heterocycles. The highest BCUT2D eigenvalue weighted by molar-refractivity contribution is 6.08. The first-order valence-electron chi connectivity index (χ1n) is 9.60. The maximum absolute atomic E-state index is 13.7. The highest BCUT2D eigenvalue weighted by Gasteiger charge is 2.21. The van der Waals surface area contributed by atoms with Crippen LogP contribution in [0.25, 0.3) is 16.9 Å². The third-order valence-electron chi connectivity index (χ3n) is 4.91. The van der Waals surface area contributed by atoms with Crippen molar-refractivity contribution in [2.45, 2.75) is 26.7 Å². The summed E-state index contributed by atoms with van der Waals surface area (Å²) >= 11 is 0. The lowest BCUT2D eigenvalue weighted by Crippen LogP contribution is -2.13. The molecule has 0 aliphatic carbocycles. The highest BCUT2D eigenvalue weighted by atomic mass is 19.3. The summed E-state index contributed by atoms with van der Waals surface area (Å²) in [7, 11) is 0. The molecule has 152 valence electrons. The number of fused-ring (bicyclic) bond motifs is 1. The smallest absolute Gasteiger partial charge is 0.280 e. The third-order valence-corrected chi connectivity index (χ3v) is 4.91. The summed E-state index contributed by atoms with van der Waals surface area (Å²) in [6.45, 7) is 3.96. The molecular weight excluding hydrogens is 386 g/mol. The minimum Gasteiger partial charge on any atom is -0.322 e. The number of hydrogen-bond acceptors (Lipinski definition) is 3. The van der Waals surface area contributed by atoms with E-state index in [2.05, 4.69) is 15.4 Å². The minimum absolute atomic E-state index is 0.0903. The molecule has 5 nitrogen and oxygen atoms in total. The number of benzene rings is 2. The fourth-order valence-electron chi connectivity index (χ4n) is 3.24. The van der Waals surface area contributed by atoms with Crippen LogP contribution in [-0.2, 0) is 6.42 Å². The Bertz CT molecular complexity index is 1220. The van der Waals surface area contributed by atoms with Crippen LogP contribution in [0.4, 0.5) is 14.5 Å². The fraction of sp³-hybridized carbons (Fsp3) is 0.174. The van der Waals surface area contributed by atoms with Crippen molar-refractivity contribution in [1.82, 2.24) is 14.6 Å². The summed E-state index contributed by atoms with van der Waals surface area (Å²) in [4.78, 5) is 17.4. The molecule has 0 unspecified atom stereocenters. The average molecular weight is 406 g/mol. The van der Waals surface area contributed by atoms with Crippen molar-refractivity contribution < 1.29 is 13.6 Å². The van der Waals surface area contributed by atoms with E-state index in [1.807, 2.05) is 56.3 Å². The molecular formula is C23H20F2N4O. The lowest BCUT2D eigenvalue weighted by atomic mass is 10.1. The lowest BCUT2D eigenvalue weighted by molar-refractivity contribution is 0.102. The minimum atomic E-state index is -2.77. The van der Waals surface area contributed by atoms with E-state index in [9.17, 15) is 13.6 Å². The molecule has 1 amide bonds. The van der Waals surface area contributed by atoms with Gasteiger partial charge >= 0.3 is 0 Å². The second kappa shape index (κ2) is 8.02. The van der Waals surface area contributed by atoms with Crippen molar-refractivity contribution in [2.24, 2.45) is 0 Å². The van der Waals surface area contributed by atoms with Crippen LogP contribution in [0, 0.1) is 6.92 Å². The van der Waals surface area contributed by atoms with E-state index in [0.29, 0.717) is 16.9 Å². The number of aryl methyl sites for hydroxylation is 2. The van der Waals surface area contributed by atoms with Crippen molar-refractivity contribution in [1.29, 1.82) is 0 Å². The first kappa shape index (κ1) is 19.7. The molecule has 0 bridgehead atoms. The molecule has 2 aromatic carbocycles. The number of nitrogens with zero attached hydrogens (tertiary/aromatic N) is 3. The molecule has 4 aromatic rings. The van der Waals surface area contributed by atoms with Crippen LogP contribution in [-0.4, -0.2) is 20.5 Å². The molecule has 0 radical (unpaired) electrons. The quantitative estimate of drug-likeness (QED) is 0.479. The van der Waals surface area contributed by atoms with Crippen molar-refractivity contribution in [2.75, 3.05) is 5.32 Å². The summed E-state index contributed by atoms with van der Waals surface area (Å²) in [6.07, 6.45) is -0.664. The van der Waals surface area contributed by atoms with Crippen molar-refractivity contribution in [3.63, 3.8) is 0 Å². The molecule has 0 saturated heterocycles. The molecule has 0 spiro atoms. The summed E-state index contributed by atoms with van der Waals surface area (Å²) < 4.78 is 28.4. The first-order valence-corrected chi connectivity index (χ1v) is 9.60. The van der Waals surface area contributed by atoms with Gasteiger partial charge in [0, 0.05) is 11.3 Å². The Hall–Kier alpha value is -3.61. The van der Waals surface area contributed by atoms with Crippen LogP contribution in [0.5, 0.6) is 0 Å². The SMILES string of the molecule is CCc1cccc(NC(=O)c2cnn3c(C(F)F)cc(-c4ccc(C)cc4)nc23)c1. The van der Waals surface area contributed by atoms with Gasteiger partial charge in [0.05, 0.1) is 11.9 Å². The normalized spacial score (nSPS) is 11.2. The lowest BCUT2D eigenvalue weighted by Gasteiger charge is -2.09. The van der Waals surface area contributed by atoms with Crippen molar-refractivity contribution in [3.8, 4) is 11.3 Å². The zero-order chi connectivity index (χ0) is 21.3. The molecule has 0 aliphatic heterocycles. The first-order chi connectivity index (χ1) is 14.5. The summed E-state index contributed by atoms with van der Waals surface area (Å²) in [5.74, 6) is -0.452. The van der Waals surface area contributed by atoms with E-state index in [1.54, 1.807) is 6.07 Å². The van der Waals surface area contributed by atoms with Gasteiger partial charge in [-0.2, -0.15) is 5.10 Å². The van der Waals surface area contributed by atoms with E-state index >= 15 is 0 Å². The Morgan fingerprint density at radius 2 is 1.90 bits per heavy atom. The Balaban J connectivity index is 1.78. The van der Waals surface area contributed by atoms with Crippen LogP contribution in [0.3, 0.4) is 0 Å². The number of hydrogen-bond donors (Lipinski definition) is 1. The van der Waals surface area contributed by atoms with Crippen molar-refractivity contribution in [3.05, 3.63) is 83.2 Å². The molecule has 7 heteroatoms.